The van der Waals surface area contributed by atoms with Crippen molar-refractivity contribution in [3.8, 4) is 0 Å². The van der Waals surface area contributed by atoms with Gasteiger partial charge in [0.1, 0.15) is 6.04 Å². The van der Waals surface area contributed by atoms with Gasteiger partial charge in [-0.25, -0.2) is 0 Å². The minimum absolute atomic E-state index is 0.102. The van der Waals surface area contributed by atoms with Crippen LogP contribution in [-0.4, -0.2) is 11.9 Å². The molecule has 1 unspecified atom stereocenters. The number of benzene rings is 2. The first-order chi connectivity index (χ1) is 9.56. The Morgan fingerprint density at radius 1 is 1.15 bits per heavy atom. The van der Waals surface area contributed by atoms with Crippen molar-refractivity contribution in [3.63, 3.8) is 0 Å². The molecular weight excluding hydrogens is 340 g/mol. The molecule has 0 aliphatic carbocycles. The number of amides is 1. The lowest BCUT2D eigenvalue weighted by molar-refractivity contribution is -0.116. The SMILES string of the molecule is CC(Nc1ccc(Br)c(Cl)c1)C(=O)Nc1ccccc1. The Labute approximate surface area is 131 Å². The van der Waals surface area contributed by atoms with Crippen molar-refractivity contribution in [1.29, 1.82) is 0 Å². The molecule has 2 rings (SSSR count). The zero-order valence-corrected chi connectivity index (χ0v) is 13.2. The molecule has 0 heterocycles. The Hall–Kier alpha value is -1.52. The second-order valence-electron chi connectivity index (χ2n) is 4.35. The first-order valence-corrected chi connectivity index (χ1v) is 7.31. The Bertz CT molecular complexity index is 604. The van der Waals surface area contributed by atoms with E-state index < -0.39 is 0 Å². The molecule has 0 radical (unpaired) electrons. The molecule has 0 saturated heterocycles. The van der Waals surface area contributed by atoms with Crippen LogP contribution in [0.1, 0.15) is 6.92 Å². The Morgan fingerprint density at radius 2 is 1.85 bits per heavy atom. The molecule has 0 fully saturated rings. The quantitative estimate of drug-likeness (QED) is 0.847. The fourth-order valence-electron chi connectivity index (χ4n) is 1.67. The predicted octanol–water partition coefficient (Wildman–Crippen LogP) is 4.54. The van der Waals surface area contributed by atoms with E-state index in [1.54, 1.807) is 13.0 Å². The normalized spacial score (nSPS) is 11.8. The minimum atomic E-state index is -0.368. The summed E-state index contributed by atoms with van der Waals surface area (Å²) in [6, 6.07) is 14.5. The molecule has 0 spiro atoms. The zero-order chi connectivity index (χ0) is 14.5. The third-order valence-corrected chi connectivity index (χ3v) is 3.97. The van der Waals surface area contributed by atoms with Crippen molar-refractivity contribution in [3.05, 3.63) is 58.0 Å². The lowest BCUT2D eigenvalue weighted by Crippen LogP contribution is -2.31. The number of halogens is 2. The van der Waals surface area contributed by atoms with Crippen molar-refractivity contribution >= 4 is 44.8 Å². The van der Waals surface area contributed by atoms with Gasteiger partial charge in [-0.1, -0.05) is 29.8 Å². The Kier molecular flexibility index (Phi) is 5.04. The monoisotopic (exact) mass is 352 g/mol. The first-order valence-electron chi connectivity index (χ1n) is 6.14. The molecule has 0 saturated carbocycles. The Balaban J connectivity index is 1.98. The third-order valence-electron chi connectivity index (χ3n) is 2.74. The highest BCUT2D eigenvalue weighted by Crippen LogP contribution is 2.25. The summed E-state index contributed by atoms with van der Waals surface area (Å²) >= 11 is 9.35. The summed E-state index contributed by atoms with van der Waals surface area (Å²) in [5, 5.41) is 6.56. The maximum absolute atomic E-state index is 12.1. The predicted molar refractivity (Wildman–Crippen MR) is 87.3 cm³/mol. The van der Waals surface area contributed by atoms with Crippen LogP contribution in [0.3, 0.4) is 0 Å². The van der Waals surface area contributed by atoms with Crippen LogP contribution in [0.5, 0.6) is 0 Å². The highest BCUT2D eigenvalue weighted by molar-refractivity contribution is 9.10. The van der Waals surface area contributed by atoms with E-state index in [9.17, 15) is 4.79 Å². The van der Waals surface area contributed by atoms with Crippen molar-refractivity contribution in [2.24, 2.45) is 0 Å². The van der Waals surface area contributed by atoms with Gasteiger partial charge < -0.3 is 10.6 Å². The van der Waals surface area contributed by atoms with E-state index in [1.165, 1.54) is 0 Å². The van der Waals surface area contributed by atoms with Crippen molar-refractivity contribution in [2.75, 3.05) is 10.6 Å². The molecule has 5 heteroatoms. The van der Waals surface area contributed by atoms with Crippen LogP contribution in [0.15, 0.2) is 53.0 Å². The van der Waals surface area contributed by atoms with Gasteiger partial charge in [0, 0.05) is 15.8 Å². The van der Waals surface area contributed by atoms with Gasteiger partial charge in [0.25, 0.3) is 0 Å². The number of carbonyl (C=O) groups is 1. The van der Waals surface area contributed by atoms with Gasteiger partial charge in [-0.3, -0.25) is 4.79 Å². The summed E-state index contributed by atoms with van der Waals surface area (Å²) in [5.74, 6) is -0.102. The first kappa shape index (κ1) is 14.9. The molecule has 0 aromatic heterocycles. The summed E-state index contributed by atoms with van der Waals surface area (Å²) in [6.45, 7) is 1.80. The second-order valence-corrected chi connectivity index (χ2v) is 5.61. The maximum Gasteiger partial charge on any atom is 0.246 e. The van der Waals surface area contributed by atoms with Crippen molar-refractivity contribution in [1.82, 2.24) is 0 Å². The molecule has 0 bridgehead atoms. The second kappa shape index (κ2) is 6.77. The Morgan fingerprint density at radius 3 is 2.50 bits per heavy atom. The largest absolute Gasteiger partial charge is 0.374 e. The number of para-hydroxylation sites is 1. The fraction of sp³-hybridized carbons (Fsp3) is 0.133. The van der Waals surface area contributed by atoms with E-state index in [1.807, 2.05) is 42.5 Å². The average molecular weight is 354 g/mol. The average Bonchev–Trinajstić information content (AvgIpc) is 2.44. The van der Waals surface area contributed by atoms with Gasteiger partial charge in [0.2, 0.25) is 5.91 Å². The third kappa shape index (κ3) is 3.99. The number of rotatable bonds is 4. The van der Waals surface area contributed by atoms with E-state index in [-0.39, 0.29) is 11.9 Å². The fourth-order valence-corrected chi connectivity index (χ4v) is 2.10. The number of hydrogen-bond donors (Lipinski definition) is 2. The number of anilines is 2. The lowest BCUT2D eigenvalue weighted by Gasteiger charge is -2.15. The van der Waals surface area contributed by atoms with Gasteiger partial charge in [-0.05, 0) is 53.2 Å². The highest BCUT2D eigenvalue weighted by Gasteiger charge is 2.13. The molecular formula is C15H14BrClN2O. The minimum Gasteiger partial charge on any atom is -0.374 e. The van der Waals surface area contributed by atoms with Gasteiger partial charge in [-0.15, -0.1) is 0 Å². The molecule has 2 aromatic rings. The van der Waals surface area contributed by atoms with Gasteiger partial charge in [0.15, 0.2) is 0 Å². The summed E-state index contributed by atoms with van der Waals surface area (Å²) < 4.78 is 0.825. The summed E-state index contributed by atoms with van der Waals surface area (Å²) in [4.78, 5) is 12.1. The summed E-state index contributed by atoms with van der Waals surface area (Å²) in [5.41, 5.74) is 1.58. The van der Waals surface area contributed by atoms with E-state index in [4.69, 9.17) is 11.6 Å². The molecule has 0 aliphatic heterocycles. The van der Waals surface area contributed by atoms with Gasteiger partial charge >= 0.3 is 0 Å². The van der Waals surface area contributed by atoms with Crippen LogP contribution in [0.4, 0.5) is 11.4 Å². The van der Waals surface area contributed by atoms with Crippen LogP contribution in [0.2, 0.25) is 5.02 Å². The van der Waals surface area contributed by atoms with Crippen LogP contribution < -0.4 is 10.6 Å². The summed E-state index contributed by atoms with van der Waals surface area (Å²) in [7, 11) is 0. The molecule has 2 aromatic carbocycles. The highest BCUT2D eigenvalue weighted by atomic mass is 79.9. The number of hydrogen-bond acceptors (Lipinski definition) is 2. The van der Waals surface area contributed by atoms with Crippen molar-refractivity contribution < 1.29 is 4.79 Å². The topological polar surface area (TPSA) is 41.1 Å². The molecule has 2 N–H and O–H groups in total. The van der Waals surface area contributed by atoms with E-state index >= 15 is 0 Å². The smallest absolute Gasteiger partial charge is 0.246 e. The van der Waals surface area contributed by atoms with Gasteiger partial charge in [0.05, 0.1) is 5.02 Å². The van der Waals surface area contributed by atoms with Crippen LogP contribution in [0, 0.1) is 0 Å². The molecule has 104 valence electrons. The van der Waals surface area contributed by atoms with Crippen molar-refractivity contribution in [2.45, 2.75) is 13.0 Å². The molecule has 0 aliphatic rings. The lowest BCUT2D eigenvalue weighted by atomic mass is 10.2. The van der Waals surface area contributed by atoms with E-state index in [0.29, 0.717) is 5.02 Å². The zero-order valence-electron chi connectivity index (χ0n) is 10.9. The standard InChI is InChI=1S/C15H14BrClN2O/c1-10(15(20)19-11-5-3-2-4-6-11)18-12-7-8-13(16)14(17)9-12/h2-10,18H,1H3,(H,19,20). The molecule has 3 nitrogen and oxygen atoms in total. The maximum atomic E-state index is 12.1. The molecule has 20 heavy (non-hydrogen) atoms. The van der Waals surface area contributed by atoms with Crippen LogP contribution in [0.25, 0.3) is 0 Å². The van der Waals surface area contributed by atoms with Crippen LogP contribution in [-0.2, 0) is 4.79 Å². The summed E-state index contributed by atoms with van der Waals surface area (Å²) in [6.07, 6.45) is 0. The number of nitrogens with one attached hydrogen (secondary N) is 2. The van der Waals surface area contributed by atoms with Crippen LogP contribution >= 0.6 is 27.5 Å². The molecule has 1 atom stereocenters. The molecule has 1 amide bonds. The van der Waals surface area contributed by atoms with E-state index in [0.717, 1.165) is 15.8 Å². The number of carbonyl (C=O) groups excluding carboxylic acids is 1. The van der Waals surface area contributed by atoms with E-state index in [2.05, 4.69) is 26.6 Å². The van der Waals surface area contributed by atoms with Gasteiger partial charge in [-0.2, -0.15) is 0 Å².